The SMILES string of the molecule is CCNC(=NCCCCCOC)N1CCN(C/C=C/c2ccccc2)CC1.I. The lowest BCUT2D eigenvalue weighted by molar-refractivity contribution is 0.192. The van der Waals surface area contributed by atoms with Crippen molar-refractivity contribution < 1.29 is 4.74 Å². The fourth-order valence-corrected chi connectivity index (χ4v) is 3.19. The molecule has 0 saturated carbocycles. The molecule has 0 radical (unpaired) electrons. The molecular formula is C22H37IN4O. The molecule has 1 fully saturated rings. The first kappa shape index (κ1) is 24.9. The van der Waals surface area contributed by atoms with Crippen molar-refractivity contribution in [1.29, 1.82) is 0 Å². The van der Waals surface area contributed by atoms with E-state index in [-0.39, 0.29) is 24.0 Å². The molecule has 1 aliphatic heterocycles. The van der Waals surface area contributed by atoms with Crippen molar-refractivity contribution in [2.75, 3.05) is 59.5 Å². The Morgan fingerprint density at radius 1 is 1.11 bits per heavy atom. The van der Waals surface area contributed by atoms with E-state index in [0.717, 1.165) is 71.2 Å². The van der Waals surface area contributed by atoms with Crippen LogP contribution in [-0.2, 0) is 4.74 Å². The molecule has 0 unspecified atom stereocenters. The van der Waals surface area contributed by atoms with Gasteiger partial charge in [0.25, 0.3) is 0 Å². The predicted molar refractivity (Wildman–Crippen MR) is 131 cm³/mol. The Hall–Kier alpha value is -1.12. The Morgan fingerprint density at radius 3 is 2.54 bits per heavy atom. The Morgan fingerprint density at radius 2 is 1.86 bits per heavy atom. The van der Waals surface area contributed by atoms with Crippen LogP contribution in [0.1, 0.15) is 31.7 Å². The highest BCUT2D eigenvalue weighted by Crippen LogP contribution is 2.05. The number of guanidine groups is 1. The van der Waals surface area contributed by atoms with Crippen LogP contribution >= 0.6 is 24.0 Å². The standard InChI is InChI=1S/C22H36N4O.HI/c1-3-23-22(24-14-8-5-9-20-27-2)26-18-16-25(17-19-26)15-10-13-21-11-6-4-7-12-21;/h4,6-7,10-13H,3,5,8-9,14-20H2,1-2H3,(H,23,24);1H/b13-10+;. The van der Waals surface area contributed by atoms with Gasteiger partial charge < -0.3 is 15.0 Å². The summed E-state index contributed by atoms with van der Waals surface area (Å²) in [4.78, 5) is 9.72. The number of nitrogens with zero attached hydrogens (tertiary/aromatic N) is 3. The second-order valence-corrected chi connectivity index (χ2v) is 6.89. The number of rotatable bonds is 10. The molecule has 1 saturated heterocycles. The Bertz CT molecular complexity index is 557. The van der Waals surface area contributed by atoms with Gasteiger partial charge >= 0.3 is 0 Å². The van der Waals surface area contributed by atoms with Crippen LogP contribution in [0.3, 0.4) is 0 Å². The first-order valence-electron chi connectivity index (χ1n) is 10.3. The second-order valence-electron chi connectivity index (χ2n) is 6.89. The minimum Gasteiger partial charge on any atom is -0.385 e. The van der Waals surface area contributed by atoms with E-state index in [9.17, 15) is 0 Å². The normalized spacial score (nSPS) is 15.6. The molecule has 0 aliphatic carbocycles. The molecule has 1 aromatic rings. The van der Waals surface area contributed by atoms with Crippen LogP contribution in [0.4, 0.5) is 0 Å². The number of aliphatic imine (C=N–C) groups is 1. The molecular weight excluding hydrogens is 463 g/mol. The van der Waals surface area contributed by atoms with Gasteiger partial charge in [0.2, 0.25) is 0 Å². The molecule has 28 heavy (non-hydrogen) atoms. The number of methoxy groups -OCH3 is 1. The average Bonchev–Trinajstić information content (AvgIpc) is 2.71. The lowest BCUT2D eigenvalue weighted by Crippen LogP contribution is -2.52. The van der Waals surface area contributed by atoms with Gasteiger partial charge in [0.1, 0.15) is 0 Å². The first-order chi connectivity index (χ1) is 13.3. The van der Waals surface area contributed by atoms with Gasteiger partial charge in [0.15, 0.2) is 5.96 Å². The monoisotopic (exact) mass is 500 g/mol. The smallest absolute Gasteiger partial charge is 0.194 e. The fourth-order valence-electron chi connectivity index (χ4n) is 3.19. The minimum absolute atomic E-state index is 0. The largest absolute Gasteiger partial charge is 0.385 e. The average molecular weight is 500 g/mol. The number of unbranched alkanes of at least 4 members (excludes halogenated alkanes) is 2. The van der Waals surface area contributed by atoms with Crippen LogP contribution < -0.4 is 5.32 Å². The van der Waals surface area contributed by atoms with Crippen molar-refractivity contribution in [3.05, 3.63) is 42.0 Å². The zero-order valence-corrected chi connectivity index (χ0v) is 19.8. The number of ether oxygens (including phenoxy) is 1. The molecule has 2 rings (SSSR count). The molecule has 1 aromatic carbocycles. The highest BCUT2D eigenvalue weighted by atomic mass is 127. The van der Waals surface area contributed by atoms with Crippen molar-refractivity contribution in [3.8, 4) is 0 Å². The number of halogens is 1. The number of benzene rings is 1. The maximum atomic E-state index is 5.10. The van der Waals surface area contributed by atoms with Gasteiger partial charge in [-0.1, -0.05) is 42.5 Å². The third-order valence-electron chi connectivity index (χ3n) is 4.75. The van der Waals surface area contributed by atoms with E-state index in [0.29, 0.717) is 0 Å². The van der Waals surface area contributed by atoms with Crippen LogP contribution in [0.2, 0.25) is 0 Å². The zero-order valence-electron chi connectivity index (χ0n) is 17.5. The summed E-state index contributed by atoms with van der Waals surface area (Å²) in [5.74, 6) is 1.07. The van der Waals surface area contributed by atoms with Gasteiger partial charge in [0.05, 0.1) is 0 Å². The molecule has 0 atom stereocenters. The summed E-state index contributed by atoms with van der Waals surface area (Å²) in [5, 5.41) is 3.45. The molecule has 6 heteroatoms. The summed E-state index contributed by atoms with van der Waals surface area (Å²) in [5.41, 5.74) is 1.27. The van der Waals surface area contributed by atoms with E-state index < -0.39 is 0 Å². The van der Waals surface area contributed by atoms with E-state index in [1.807, 2.05) is 0 Å². The third kappa shape index (κ3) is 9.89. The zero-order chi connectivity index (χ0) is 19.2. The summed E-state index contributed by atoms with van der Waals surface area (Å²) in [6.07, 6.45) is 7.91. The third-order valence-corrected chi connectivity index (χ3v) is 4.75. The van der Waals surface area contributed by atoms with Crippen molar-refractivity contribution in [3.63, 3.8) is 0 Å². The summed E-state index contributed by atoms with van der Waals surface area (Å²) in [6.45, 7) is 10.0. The van der Waals surface area contributed by atoms with Crippen LogP contribution in [0.25, 0.3) is 6.08 Å². The van der Waals surface area contributed by atoms with Gasteiger partial charge in [0, 0.05) is 59.5 Å². The molecule has 1 aliphatic rings. The van der Waals surface area contributed by atoms with E-state index in [1.54, 1.807) is 7.11 Å². The Labute approximate surface area is 188 Å². The van der Waals surface area contributed by atoms with Gasteiger partial charge in [-0.2, -0.15) is 0 Å². The van der Waals surface area contributed by atoms with Crippen LogP contribution in [0.5, 0.6) is 0 Å². The maximum absolute atomic E-state index is 5.10. The van der Waals surface area contributed by atoms with Crippen molar-refractivity contribution in [2.24, 2.45) is 4.99 Å². The predicted octanol–water partition coefficient (Wildman–Crippen LogP) is 3.72. The van der Waals surface area contributed by atoms with Crippen molar-refractivity contribution in [2.45, 2.75) is 26.2 Å². The highest BCUT2D eigenvalue weighted by molar-refractivity contribution is 14.0. The second kappa shape index (κ2) is 15.8. The molecule has 0 aromatic heterocycles. The van der Waals surface area contributed by atoms with Crippen molar-refractivity contribution >= 4 is 36.0 Å². The summed E-state index contributed by atoms with van der Waals surface area (Å²) < 4.78 is 5.10. The first-order valence-corrected chi connectivity index (χ1v) is 10.3. The molecule has 0 spiro atoms. The van der Waals surface area contributed by atoms with Crippen LogP contribution in [0, 0.1) is 0 Å². The van der Waals surface area contributed by atoms with Crippen LogP contribution in [-0.4, -0.2) is 75.3 Å². The van der Waals surface area contributed by atoms with E-state index in [2.05, 4.69) is 64.5 Å². The summed E-state index contributed by atoms with van der Waals surface area (Å²) in [6, 6.07) is 10.5. The van der Waals surface area contributed by atoms with Gasteiger partial charge in [-0.15, -0.1) is 24.0 Å². The molecule has 0 bridgehead atoms. The van der Waals surface area contributed by atoms with E-state index >= 15 is 0 Å². The fraction of sp³-hybridized carbons (Fsp3) is 0.591. The van der Waals surface area contributed by atoms with Gasteiger partial charge in [-0.25, -0.2) is 0 Å². The van der Waals surface area contributed by atoms with Crippen molar-refractivity contribution in [1.82, 2.24) is 15.1 Å². The summed E-state index contributed by atoms with van der Waals surface area (Å²) in [7, 11) is 1.76. The molecule has 0 amide bonds. The maximum Gasteiger partial charge on any atom is 0.194 e. The molecule has 5 nitrogen and oxygen atoms in total. The number of nitrogens with one attached hydrogen (secondary N) is 1. The Kier molecular flexibility index (Phi) is 14.0. The lowest BCUT2D eigenvalue weighted by atomic mass is 10.2. The number of hydrogen-bond acceptors (Lipinski definition) is 3. The van der Waals surface area contributed by atoms with Crippen LogP contribution in [0.15, 0.2) is 41.4 Å². The topological polar surface area (TPSA) is 40.1 Å². The highest BCUT2D eigenvalue weighted by Gasteiger charge is 2.18. The molecule has 158 valence electrons. The minimum atomic E-state index is 0. The lowest BCUT2D eigenvalue weighted by Gasteiger charge is -2.36. The molecule has 1 heterocycles. The quantitative estimate of drug-likeness (QED) is 0.230. The van der Waals surface area contributed by atoms with Gasteiger partial charge in [-0.05, 0) is 31.7 Å². The number of piperazine rings is 1. The van der Waals surface area contributed by atoms with Gasteiger partial charge in [-0.3, -0.25) is 9.89 Å². The molecule has 1 N–H and O–H groups in total. The Balaban J connectivity index is 0.00000392. The number of hydrogen-bond donors (Lipinski definition) is 1. The van der Waals surface area contributed by atoms with E-state index in [4.69, 9.17) is 9.73 Å². The summed E-state index contributed by atoms with van der Waals surface area (Å²) >= 11 is 0. The van der Waals surface area contributed by atoms with E-state index in [1.165, 1.54) is 12.0 Å².